The number of hydrogen-bond donors (Lipinski definition) is 0. The number of rotatable bonds is 9. The van der Waals surface area contributed by atoms with Crippen LogP contribution in [0.2, 0.25) is 0 Å². The van der Waals surface area contributed by atoms with Crippen molar-refractivity contribution >= 4 is 11.8 Å². The van der Waals surface area contributed by atoms with Crippen molar-refractivity contribution < 1.29 is 28.5 Å². The van der Waals surface area contributed by atoms with Crippen LogP contribution in [0.4, 0.5) is 0 Å². The summed E-state index contributed by atoms with van der Waals surface area (Å²) in [6, 6.07) is 21.1. The van der Waals surface area contributed by atoms with E-state index < -0.39 is 12.1 Å². The summed E-state index contributed by atoms with van der Waals surface area (Å²) in [5.41, 5.74) is 1.69. The molecule has 1 unspecified atom stereocenters. The molecule has 3 aromatic carbocycles. The first-order chi connectivity index (χ1) is 15.1. The monoisotopic (exact) mass is 420 g/mol. The Balaban J connectivity index is 1.85. The molecule has 31 heavy (non-hydrogen) atoms. The zero-order valence-electron chi connectivity index (χ0n) is 17.7. The summed E-state index contributed by atoms with van der Waals surface area (Å²) >= 11 is 0. The lowest BCUT2D eigenvalue weighted by atomic mass is 9.99. The van der Waals surface area contributed by atoms with E-state index in [0.29, 0.717) is 33.9 Å². The lowest BCUT2D eigenvalue weighted by Crippen LogP contribution is -2.21. The molecule has 0 amide bonds. The highest BCUT2D eigenvalue weighted by molar-refractivity contribution is 6.01. The lowest BCUT2D eigenvalue weighted by molar-refractivity contribution is -0.146. The molecule has 160 valence electrons. The van der Waals surface area contributed by atoms with Crippen molar-refractivity contribution in [2.24, 2.45) is 0 Å². The Morgan fingerprint density at radius 3 is 1.84 bits per heavy atom. The van der Waals surface area contributed by atoms with Crippen LogP contribution in [0.15, 0.2) is 72.8 Å². The predicted octanol–water partition coefficient (Wildman–Crippen LogP) is 4.42. The minimum atomic E-state index is -1.04. The fourth-order valence-electron chi connectivity index (χ4n) is 3.23. The van der Waals surface area contributed by atoms with Gasteiger partial charge in [0.25, 0.3) is 0 Å². The topological polar surface area (TPSA) is 71.1 Å². The zero-order valence-corrected chi connectivity index (χ0v) is 17.7. The number of hydrogen-bond acceptors (Lipinski definition) is 6. The molecule has 0 aromatic heterocycles. The van der Waals surface area contributed by atoms with E-state index in [0.717, 1.165) is 0 Å². The SMILES string of the molecule is COc1cc(CC(=O)OC(C(=O)c2ccccc2)c2ccccc2)cc(OC)c1OC. The Morgan fingerprint density at radius 2 is 1.32 bits per heavy atom. The molecule has 0 fully saturated rings. The van der Waals surface area contributed by atoms with Gasteiger partial charge in [-0.15, -0.1) is 0 Å². The molecular weight excluding hydrogens is 396 g/mol. The molecule has 6 heteroatoms. The number of ether oxygens (including phenoxy) is 4. The third-order valence-corrected chi connectivity index (χ3v) is 4.72. The van der Waals surface area contributed by atoms with E-state index >= 15 is 0 Å². The van der Waals surface area contributed by atoms with Gasteiger partial charge in [0.1, 0.15) is 0 Å². The molecule has 3 rings (SSSR count). The van der Waals surface area contributed by atoms with Crippen LogP contribution in [-0.2, 0) is 16.0 Å². The van der Waals surface area contributed by atoms with Gasteiger partial charge in [-0.2, -0.15) is 0 Å². The van der Waals surface area contributed by atoms with Crippen LogP contribution in [0.3, 0.4) is 0 Å². The molecule has 0 radical (unpaired) electrons. The summed E-state index contributed by atoms with van der Waals surface area (Å²) in [6.07, 6.45) is -1.11. The van der Waals surface area contributed by atoms with Crippen LogP contribution >= 0.6 is 0 Å². The van der Waals surface area contributed by atoms with Crippen molar-refractivity contribution in [2.45, 2.75) is 12.5 Å². The molecule has 0 heterocycles. The molecule has 0 N–H and O–H groups in total. The van der Waals surface area contributed by atoms with E-state index in [1.807, 2.05) is 12.1 Å². The van der Waals surface area contributed by atoms with E-state index in [1.54, 1.807) is 60.7 Å². The van der Waals surface area contributed by atoms with Crippen LogP contribution in [0, 0.1) is 0 Å². The summed E-state index contributed by atoms with van der Waals surface area (Å²) in [4.78, 5) is 25.9. The fraction of sp³-hybridized carbons (Fsp3) is 0.200. The molecule has 1 atom stereocenters. The highest BCUT2D eigenvalue weighted by atomic mass is 16.5. The van der Waals surface area contributed by atoms with Gasteiger partial charge < -0.3 is 18.9 Å². The van der Waals surface area contributed by atoms with Gasteiger partial charge in [0.15, 0.2) is 17.6 Å². The van der Waals surface area contributed by atoms with Crippen LogP contribution in [0.1, 0.15) is 27.6 Å². The number of esters is 1. The van der Waals surface area contributed by atoms with E-state index in [4.69, 9.17) is 18.9 Å². The summed E-state index contributed by atoms with van der Waals surface area (Å²) in [7, 11) is 4.51. The highest BCUT2D eigenvalue weighted by Crippen LogP contribution is 2.38. The molecule has 0 saturated carbocycles. The first-order valence-corrected chi connectivity index (χ1v) is 9.70. The fourth-order valence-corrected chi connectivity index (χ4v) is 3.23. The summed E-state index contributed by atoms with van der Waals surface area (Å²) in [5.74, 6) is 0.468. The highest BCUT2D eigenvalue weighted by Gasteiger charge is 2.26. The van der Waals surface area contributed by atoms with E-state index in [2.05, 4.69) is 0 Å². The summed E-state index contributed by atoms with van der Waals surface area (Å²) in [5, 5.41) is 0. The van der Waals surface area contributed by atoms with Crippen molar-refractivity contribution in [1.29, 1.82) is 0 Å². The first kappa shape index (κ1) is 21.9. The van der Waals surface area contributed by atoms with Gasteiger partial charge in [0.2, 0.25) is 11.5 Å². The van der Waals surface area contributed by atoms with Crippen LogP contribution in [0.5, 0.6) is 17.2 Å². The van der Waals surface area contributed by atoms with E-state index in [-0.39, 0.29) is 12.2 Å². The maximum absolute atomic E-state index is 13.1. The Labute approximate surface area is 181 Å². The molecule has 0 aliphatic rings. The van der Waals surface area contributed by atoms with E-state index in [1.165, 1.54) is 21.3 Å². The number of benzene rings is 3. The molecular formula is C25H24O6. The predicted molar refractivity (Wildman–Crippen MR) is 116 cm³/mol. The Bertz CT molecular complexity index is 1010. The Hall–Kier alpha value is -3.80. The average Bonchev–Trinajstić information content (AvgIpc) is 2.82. The van der Waals surface area contributed by atoms with Crippen molar-refractivity contribution in [3.63, 3.8) is 0 Å². The zero-order chi connectivity index (χ0) is 22.2. The quantitative estimate of drug-likeness (QED) is 0.377. The molecule has 0 saturated heterocycles. The number of carbonyl (C=O) groups excluding carboxylic acids is 2. The van der Waals surface area contributed by atoms with Crippen LogP contribution in [0.25, 0.3) is 0 Å². The minimum Gasteiger partial charge on any atom is -0.493 e. The number of ketones is 1. The number of carbonyl (C=O) groups is 2. The first-order valence-electron chi connectivity index (χ1n) is 9.70. The third-order valence-electron chi connectivity index (χ3n) is 4.72. The van der Waals surface area contributed by atoms with Gasteiger partial charge in [-0.25, -0.2) is 0 Å². The van der Waals surface area contributed by atoms with Gasteiger partial charge in [-0.05, 0) is 17.7 Å². The maximum atomic E-state index is 13.1. The van der Waals surface area contributed by atoms with Crippen molar-refractivity contribution in [3.8, 4) is 17.2 Å². The summed E-state index contributed by atoms with van der Waals surface area (Å²) in [6.45, 7) is 0. The van der Waals surface area contributed by atoms with Gasteiger partial charge in [0.05, 0.1) is 27.8 Å². The van der Waals surface area contributed by atoms with E-state index in [9.17, 15) is 9.59 Å². The standard InChI is InChI=1S/C25H24O6/c1-28-20-14-17(15-21(29-2)25(20)30-3)16-22(26)31-24(19-12-8-5-9-13-19)23(27)18-10-6-4-7-11-18/h4-15,24H,16H2,1-3H3. The minimum absolute atomic E-state index is 0.0673. The maximum Gasteiger partial charge on any atom is 0.311 e. The second kappa shape index (κ2) is 10.3. The summed E-state index contributed by atoms with van der Waals surface area (Å²) < 4.78 is 21.6. The number of Topliss-reactive ketones (excluding diaryl/α,β-unsaturated/α-hetero) is 1. The second-order valence-electron chi connectivity index (χ2n) is 6.72. The van der Waals surface area contributed by atoms with Gasteiger partial charge >= 0.3 is 5.97 Å². The van der Waals surface area contributed by atoms with Crippen molar-refractivity contribution in [3.05, 3.63) is 89.5 Å². The molecule has 0 aliphatic carbocycles. The molecule has 3 aromatic rings. The smallest absolute Gasteiger partial charge is 0.311 e. The van der Waals surface area contributed by atoms with Crippen molar-refractivity contribution in [1.82, 2.24) is 0 Å². The molecule has 0 bridgehead atoms. The third kappa shape index (κ3) is 5.22. The number of methoxy groups -OCH3 is 3. The van der Waals surface area contributed by atoms with Crippen LogP contribution < -0.4 is 14.2 Å². The van der Waals surface area contributed by atoms with Crippen molar-refractivity contribution in [2.75, 3.05) is 21.3 Å². The molecule has 0 spiro atoms. The van der Waals surface area contributed by atoms with Crippen LogP contribution in [-0.4, -0.2) is 33.1 Å². The Morgan fingerprint density at radius 1 is 0.774 bits per heavy atom. The van der Waals surface area contributed by atoms with Gasteiger partial charge in [-0.1, -0.05) is 60.7 Å². The Kier molecular flexibility index (Phi) is 7.27. The van der Waals surface area contributed by atoms with Gasteiger partial charge in [0, 0.05) is 11.1 Å². The average molecular weight is 420 g/mol. The second-order valence-corrected chi connectivity index (χ2v) is 6.72. The molecule has 0 aliphatic heterocycles. The molecule has 6 nitrogen and oxygen atoms in total. The lowest BCUT2D eigenvalue weighted by Gasteiger charge is -2.18. The normalized spacial score (nSPS) is 11.3. The van der Waals surface area contributed by atoms with Gasteiger partial charge in [-0.3, -0.25) is 9.59 Å². The largest absolute Gasteiger partial charge is 0.493 e.